The van der Waals surface area contributed by atoms with Gasteiger partial charge in [-0.1, -0.05) is 26.2 Å². The monoisotopic (exact) mass is 251 g/mol. The lowest BCUT2D eigenvalue weighted by molar-refractivity contribution is 0.601. The number of rotatable bonds is 6. The van der Waals surface area contributed by atoms with E-state index in [4.69, 9.17) is 10.7 Å². The zero-order valence-electron chi connectivity index (χ0n) is 8.53. The molecule has 0 aromatic carbocycles. The Morgan fingerprint density at radius 1 is 1.33 bits per heavy atom. The molecule has 86 valence electrons. The average Bonchev–Trinajstić information content (AvgIpc) is 2.60. The number of aromatic amines is 1. The van der Waals surface area contributed by atoms with Gasteiger partial charge in [-0.25, -0.2) is 13.4 Å². The van der Waals surface area contributed by atoms with Gasteiger partial charge in [-0.3, -0.25) is 5.10 Å². The number of hydrogen-bond acceptors (Lipinski definition) is 4. The van der Waals surface area contributed by atoms with Crippen molar-refractivity contribution in [3.05, 3.63) is 5.82 Å². The van der Waals surface area contributed by atoms with Gasteiger partial charge in [0, 0.05) is 17.1 Å². The van der Waals surface area contributed by atoms with Crippen LogP contribution in [0.15, 0.2) is 5.16 Å². The zero-order chi connectivity index (χ0) is 11.3. The average molecular weight is 252 g/mol. The molecule has 1 rings (SSSR count). The molecule has 0 atom stereocenters. The van der Waals surface area contributed by atoms with Crippen molar-refractivity contribution in [3.63, 3.8) is 0 Å². The second-order valence-corrected chi connectivity index (χ2v) is 5.77. The van der Waals surface area contributed by atoms with Crippen LogP contribution in [0.25, 0.3) is 0 Å². The van der Waals surface area contributed by atoms with Crippen molar-refractivity contribution in [1.82, 2.24) is 15.2 Å². The van der Waals surface area contributed by atoms with Crippen molar-refractivity contribution in [3.8, 4) is 0 Å². The van der Waals surface area contributed by atoms with E-state index in [9.17, 15) is 8.42 Å². The molecule has 1 heterocycles. The van der Waals surface area contributed by atoms with E-state index in [1.807, 2.05) is 0 Å². The van der Waals surface area contributed by atoms with E-state index in [1.54, 1.807) is 0 Å². The van der Waals surface area contributed by atoms with Crippen molar-refractivity contribution in [2.24, 2.45) is 0 Å². The van der Waals surface area contributed by atoms with Gasteiger partial charge < -0.3 is 0 Å². The van der Waals surface area contributed by atoms with Crippen LogP contribution in [-0.4, -0.2) is 23.6 Å². The first-order valence-corrected chi connectivity index (χ1v) is 7.21. The van der Waals surface area contributed by atoms with Crippen LogP contribution < -0.4 is 0 Å². The first-order valence-electron chi connectivity index (χ1n) is 4.90. The first kappa shape index (κ1) is 12.4. The predicted octanol–water partition coefficient (Wildman–Crippen LogP) is 1.85. The third-order valence-corrected chi connectivity index (χ3v) is 3.03. The Balaban J connectivity index is 2.47. The topological polar surface area (TPSA) is 75.7 Å². The molecule has 7 heteroatoms. The highest BCUT2D eigenvalue weighted by molar-refractivity contribution is 8.13. The van der Waals surface area contributed by atoms with E-state index in [1.165, 1.54) is 6.42 Å². The van der Waals surface area contributed by atoms with E-state index < -0.39 is 9.05 Å². The summed E-state index contributed by atoms with van der Waals surface area (Å²) < 4.78 is 21.7. The minimum atomic E-state index is -3.80. The van der Waals surface area contributed by atoms with Gasteiger partial charge in [0.05, 0.1) is 0 Å². The summed E-state index contributed by atoms with van der Waals surface area (Å²) in [4.78, 5) is 3.79. The molecular weight excluding hydrogens is 238 g/mol. The van der Waals surface area contributed by atoms with Crippen LogP contribution >= 0.6 is 10.7 Å². The molecule has 0 fully saturated rings. The number of nitrogens with one attached hydrogen (secondary N) is 1. The third kappa shape index (κ3) is 4.17. The van der Waals surface area contributed by atoms with Crippen molar-refractivity contribution in [2.75, 3.05) is 0 Å². The zero-order valence-corrected chi connectivity index (χ0v) is 10.1. The molecule has 0 saturated heterocycles. The summed E-state index contributed by atoms with van der Waals surface area (Å²) in [6.07, 6.45) is 5.14. The van der Waals surface area contributed by atoms with E-state index in [0.29, 0.717) is 12.2 Å². The number of H-pyrrole nitrogens is 1. The summed E-state index contributed by atoms with van der Waals surface area (Å²) >= 11 is 0. The van der Waals surface area contributed by atoms with Crippen LogP contribution in [0.3, 0.4) is 0 Å². The van der Waals surface area contributed by atoms with Crippen LogP contribution in [0.4, 0.5) is 0 Å². The van der Waals surface area contributed by atoms with Gasteiger partial charge >= 0.3 is 0 Å². The number of hydrogen-bond donors (Lipinski definition) is 1. The summed E-state index contributed by atoms with van der Waals surface area (Å²) in [6.45, 7) is 2.13. The van der Waals surface area contributed by atoms with E-state index in [-0.39, 0.29) is 5.16 Å². The molecule has 0 aliphatic heterocycles. The predicted molar refractivity (Wildman–Crippen MR) is 57.3 cm³/mol. The fraction of sp³-hybridized carbons (Fsp3) is 0.750. The number of nitrogens with zero attached hydrogens (tertiary/aromatic N) is 2. The Hall–Kier alpha value is -0.620. The van der Waals surface area contributed by atoms with Crippen LogP contribution in [0, 0.1) is 0 Å². The van der Waals surface area contributed by atoms with Gasteiger partial charge in [-0.2, -0.15) is 0 Å². The number of halogens is 1. The number of aryl methyl sites for hydroxylation is 1. The van der Waals surface area contributed by atoms with Gasteiger partial charge in [0.1, 0.15) is 5.82 Å². The minimum absolute atomic E-state index is 0.338. The van der Waals surface area contributed by atoms with Gasteiger partial charge in [0.2, 0.25) is 0 Å². The maximum Gasteiger partial charge on any atom is 0.298 e. The van der Waals surface area contributed by atoms with Gasteiger partial charge in [0.15, 0.2) is 0 Å². The van der Waals surface area contributed by atoms with Crippen molar-refractivity contribution in [1.29, 1.82) is 0 Å². The third-order valence-electron chi connectivity index (χ3n) is 2.00. The first-order chi connectivity index (χ1) is 7.04. The molecular formula is C8H14ClN3O2S. The maximum atomic E-state index is 10.8. The molecule has 15 heavy (non-hydrogen) atoms. The maximum absolute atomic E-state index is 10.8. The summed E-state index contributed by atoms with van der Waals surface area (Å²) in [5.41, 5.74) is 0. The molecule has 0 bridgehead atoms. The van der Waals surface area contributed by atoms with Gasteiger partial charge in [-0.15, -0.1) is 5.10 Å². The van der Waals surface area contributed by atoms with Crippen LogP contribution in [0.2, 0.25) is 0 Å². The molecule has 0 unspecified atom stereocenters. The lowest BCUT2D eigenvalue weighted by Gasteiger charge is -1.95. The lowest BCUT2D eigenvalue weighted by atomic mass is 10.1. The summed E-state index contributed by atoms with van der Waals surface area (Å²) in [5.74, 6) is 0.574. The Bertz CT molecular complexity index is 402. The summed E-state index contributed by atoms with van der Waals surface area (Å²) in [5, 5.41) is 5.76. The second-order valence-electron chi connectivity index (χ2n) is 3.31. The SMILES string of the molecule is CCCCCCc1nc(S(=O)(=O)Cl)n[nH]1. The Labute approximate surface area is 93.7 Å². The highest BCUT2D eigenvalue weighted by Gasteiger charge is 2.16. The van der Waals surface area contributed by atoms with E-state index >= 15 is 0 Å². The molecule has 1 aromatic rings. The van der Waals surface area contributed by atoms with E-state index in [2.05, 4.69) is 22.1 Å². The molecule has 1 N–H and O–H groups in total. The smallest absolute Gasteiger partial charge is 0.262 e. The molecule has 0 saturated carbocycles. The van der Waals surface area contributed by atoms with Crippen LogP contribution in [0.5, 0.6) is 0 Å². The fourth-order valence-corrected chi connectivity index (χ4v) is 1.80. The molecule has 0 aliphatic carbocycles. The highest BCUT2D eigenvalue weighted by atomic mass is 35.7. The summed E-state index contributed by atoms with van der Waals surface area (Å²) in [7, 11) is 1.28. The Morgan fingerprint density at radius 3 is 2.60 bits per heavy atom. The molecule has 0 aliphatic rings. The number of aromatic nitrogens is 3. The molecule has 1 aromatic heterocycles. The number of unbranched alkanes of at least 4 members (excludes halogenated alkanes) is 3. The normalized spacial score (nSPS) is 11.9. The van der Waals surface area contributed by atoms with Gasteiger partial charge in [0.25, 0.3) is 14.2 Å². The van der Waals surface area contributed by atoms with Crippen LogP contribution in [-0.2, 0) is 15.5 Å². The molecule has 0 spiro atoms. The van der Waals surface area contributed by atoms with Gasteiger partial charge in [-0.05, 0) is 6.42 Å². The van der Waals surface area contributed by atoms with Crippen LogP contribution in [0.1, 0.15) is 38.4 Å². The Morgan fingerprint density at radius 2 is 2.07 bits per heavy atom. The largest absolute Gasteiger partial charge is 0.298 e. The summed E-state index contributed by atoms with van der Waals surface area (Å²) in [6, 6.07) is 0. The standard InChI is InChI=1S/C8H14ClN3O2S/c1-2-3-4-5-6-7-10-8(12-11-7)15(9,13)14/h2-6H2,1H3,(H,10,11,12). The second kappa shape index (κ2) is 5.46. The van der Waals surface area contributed by atoms with Crippen molar-refractivity contribution >= 4 is 19.7 Å². The fourth-order valence-electron chi connectivity index (χ4n) is 1.22. The Kier molecular flexibility index (Phi) is 4.53. The minimum Gasteiger partial charge on any atom is -0.262 e. The quantitative estimate of drug-likeness (QED) is 0.618. The highest BCUT2D eigenvalue weighted by Crippen LogP contribution is 2.10. The molecule has 0 amide bonds. The van der Waals surface area contributed by atoms with Crippen molar-refractivity contribution < 1.29 is 8.42 Å². The van der Waals surface area contributed by atoms with Crippen molar-refractivity contribution in [2.45, 2.75) is 44.2 Å². The molecule has 5 nitrogen and oxygen atoms in total. The molecule has 0 radical (unpaired) electrons. The van der Waals surface area contributed by atoms with E-state index in [0.717, 1.165) is 19.3 Å². The lowest BCUT2D eigenvalue weighted by Crippen LogP contribution is -1.93.